The SMILES string of the molecule is COc1ccc(/C=C/C(=O)OCC(=O)NCCc2ccc(Cl)cc2)cc1OC. The van der Waals surface area contributed by atoms with Crippen molar-refractivity contribution in [2.24, 2.45) is 0 Å². The van der Waals surface area contributed by atoms with Crippen LogP contribution in [0.3, 0.4) is 0 Å². The van der Waals surface area contributed by atoms with Crippen LogP contribution < -0.4 is 14.8 Å². The number of halogens is 1. The molecule has 148 valence electrons. The van der Waals surface area contributed by atoms with E-state index in [1.54, 1.807) is 43.5 Å². The van der Waals surface area contributed by atoms with E-state index in [0.29, 0.717) is 29.5 Å². The maximum absolute atomic E-state index is 11.8. The molecule has 1 amide bonds. The summed E-state index contributed by atoms with van der Waals surface area (Å²) in [7, 11) is 3.08. The zero-order valence-corrected chi connectivity index (χ0v) is 16.5. The van der Waals surface area contributed by atoms with E-state index in [-0.39, 0.29) is 12.5 Å². The molecule has 7 heteroatoms. The third-order valence-electron chi connectivity index (χ3n) is 3.81. The normalized spacial score (nSPS) is 10.5. The third kappa shape index (κ3) is 6.96. The zero-order chi connectivity index (χ0) is 20.4. The Kier molecular flexibility index (Phi) is 8.37. The lowest BCUT2D eigenvalue weighted by Crippen LogP contribution is -2.30. The lowest BCUT2D eigenvalue weighted by atomic mass is 10.1. The average molecular weight is 404 g/mol. The van der Waals surface area contributed by atoms with Crippen LogP contribution in [0.2, 0.25) is 5.02 Å². The summed E-state index contributed by atoms with van der Waals surface area (Å²) in [5.41, 5.74) is 1.79. The molecule has 2 aromatic carbocycles. The topological polar surface area (TPSA) is 73.9 Å². The van der Waals surface area contributed by atoms with Gasteiger partial charge in [-0.3, -0.25) is 4.79 Å². The minimum absolute atomic E-state index is 0.338. The van der Waals surface area contributed by atoms with Crippen molar-refractivity contribution in [2.45, 2.75) is 6.42 Å². The van der Waals surface area contributed by atoms with E-state index < -0.39 is 5.97 Å². The third-order valence-corrected chi connectivity index (χ3v) is 4.07. The molecule has 2 aromatic rings. The summed E-state index contributed by atoms with van der Waals surface area (Å²) in [6, 6.07) is 12.6. The Balaban J connectivity index is 1.73. The van der Waals surface area contributed by atoms with E-state index in [1.165, 1.54) is 13.2 Å². The number of carbonyl (C=O) groups is 2. The van der Waals surface area contributed by atoms with Crippen LogP contribution in [0.4, 0.5) is 0 Å². The number of carbonyl (C=O) groups excluding carboxylic acids is 2. The van der Waals surface area contributed by atoms with Crippen molar-refractivity contribution in [2.75, 3.05) is 27.4 Å². The maximum Gasteiger partial charge on any atom is 0.331 e. The van der Waals surface area contributed by atoms with E-state index in [4.69, 9.17) is 25.8 Å². The van der Waals surface area contributed by atoms with Crippen LogP contribution in [-0.4, -0.2) is 39.2 Å². The number of methoxy groups -OCH3 is 2. The second kappa shape index (κ2) is 11.0. The Morgan fingerprint density at radius 2 is 1.75 bits per heavy atom. The standard InChI is InChI=1S/C21H22ClNO5/c1-26-18-9-5-16(13-19(18)27-2)6-10-21(25)28-14-20(24)23-12-11-15-3-7-17(22)8-4-15/h3-10,13H,11-12,14H2,1-2H3,(H,23,24)/b10-6+. The van der Waals surface area contributed by atoms with E-state index >= 15 is 0 Å². The molecule has 0 aliphatic heterocycles. The second-order valence-electron chi connectivity index (χ2n) is 5.78. The molecule has 0 saturated heterocycles. The monoisotopic (exact) mass is 403 g/mol. The Hall–Kier alpha value is -2.99. The van der Waals surface area contributed by atoms with Gasteiger partial charge in [0.2, 0.25) is 0 Å². The quantitative estimate of drug-likeness (QED) is 0.513. The van der Waals surface area contributed by atoms with Gasteiger partial charge in [-0.2, -0.15) is 0 Å². The van der Waals surface area contributed by atoms with Gasteiger partial charge in [0.25, 0.3) is 5.91 Å². The number of nitrogens with one attached hydrogen (secondary N) is 1. The van der Waals surface area contributed by atoms with Crippen LogP contribution in [0.1, 0.15) is 11.1 Å². The molecular formula is C21H22ClNO5. The summed E-state index contributed by atoms with van der Waals surface area (Å²) >= 11 is 5.82. The average Bonchev–Trinajstić information content (AvgIpc) is 2.71. The fourth-order valence-electron chi connectivity index (χ4n) is 2.35. The number of ether oxygens (including phenoxy) is 3. The molecule has 2 rings (SSSR count). The maximum atomic E-state index is 11.8. The minimum atomic E-state index is -0.609. The molecule has 0 aromatic heterocycles. The van der Waals surface area contributed by atoms with E-state index in [2.05, 4.69) is 5.32 Å². The van der Waals surface area contributed by atoms with Crippen LogP contribution in [0, 0.1) is 0 Å². The molecule has 1 N–H and O–H groups in total. The largest absolute Gasteiger partial charge is 0.493 e. The minimum Gasteiger partial charge on any atom is -0.493 e. The van der Waals surface area contributed by atoms with Crippen LogP contribution in [0.25, 0.3) is 6.08 Å². The molecule has 28 heavy (non-hydrogen) atoms. The number of rotatable bonds is 9. The summed E-state index contributed by atoms with van der Waals surface area (Å²) in [4.78, 5) is 23.5. The van der Waals surface area contributed by atoms with Crippen LogP contribution in [0.15, 0.2) is 48.5 Å². The van der Waals surface area contributed by atoms with Gasteiger partial charge in [-0.05, 0) is 47.9 Å². The summed E-state index contributed by atoms with van der Waals surface area (Å²) < 4.78 is 15.3. The highest BCUT2D eigenvalue weighted by molar-refractivity contribution is 6.30. The Bertz CT molecular complexity index is 833. The number of hydrogen-bond acceptors (Lipinski definition) is 5. The molecule has 6 nitrogen and oxygen atoms in total. The highest BCUT2D eigenvalue weighted by Gasteiger charge is 2.06. The number of esters is 1. The first kappa shape index (κ1) is 21.3. The lowest BCUT2D eigenvalue weighted by Gasteiger charge is -2.07. The number of hydrogen-bond donors (Lipinski definition) is 1. The first-order valence-corrected chi connectivity index (χ1v) is 8.97. The van der Waals surface area contributed by atoms with Crippen molar-refractivity contribution >= 4 is 29.6 Å². The van der Waals surface area contributed by atoms with Gasteiger partial charge in [-0.1, -0.05) is 29.8 Å². The Labute approximate surface area is 169 Å². The van der Waals surface area contributed by atoms with Crippen molar-refractivity contribution in [1.82, 2.24) is 5.32 Å². The molecule has 0 spiro atoms. The molecule has 0 unspecified atom stereocenters. The van der Waals surface area contributed by atoms with Crippen molar-refractivity contribution in [3.63, 3.8) is 0 Å². The number of amides is 1. The fraction of sp³-hybridized carbons (Fsp3) is 0.238. The van der Waals surface area contributed by atoms with Crippen LogP contribution >= 0.6 is 11.6 Å². The van der Waals surface area contributed by atoms with E-state index in [0.717, 1.165) is 11.1 Å². The predicted octanol–water partition coefficient (Wildman–Crippen LogP) is 3.27. The summed E-state index contributed by atoms with van der Waals surface area (Å²) in [6.07, 6.45) is 3.49. The van der Waals surface area contributed by atoms with Gasteiger partial charge >= 0.3 is 5.97 Å². The smallest absolute Gasteiger partial charge is 0.331 e. The van der Waals surface area contributed by atoms with Gasteiger partial charge in [0.05, 0.1) is 14.2 Å². The summed E-state index contributed by atoms with van der Waals surface area (Å²) in [5.74, 6) is 0.181. The molecule has 0 aliphatic rings. The van der Waals surface area contributed by atoms with Crippen molar-refractivity contribution in [3.05, 3.63) is 64.7 Å². The molecule has 0 fully saturated rings. The fourth-order valence-corrected chi connectivity index (χ4v) is 2.48. The van der Waals surface area contributed by atoms with Crippen molar-refractivity contribution in [1.29, 1.82) is 0 Å². The second-order valence-corrected chi connectivity index (χ2v) is 6.22. The molecule has 0 heterocycles. The first-order valence-electron chi connectivity index (χ1n) is 8.60. The predicted molar refractivity (Wildman–Crippen MR) is 108 cm³/mol. The van der Waals surface area contributed by atoms with Crippen molar-refractivity contribution < 1.29 is 23.8 Å². The first-order chi connectivity index (χ1) is 13.5. The Morgan fingerprint density at radius 1 is 1.04 bits per heavy atom. The summed E-state index contributed by atoms with van der Waals surface area (Å²) in [6.45, 7) is 0.106. The Morgan fingerprint density at radius 3 is 2.43 bits per heavy atom. The summed E-state index contributed by atoms with van der Waals surface area (Å²) in [5, 5.41) is 3.37. The highest BCUT2D eigenvalue weighted by Crippen LogP contribution is 2.27. The van der Waals surface area contributed by atoms with Gasteiger partial charge in [0, 0.05) is 17.6 Å². The molecule has 0 saturated carbocycles. The highest BCUT2D eigenvalue weighted by atomic mass is 35.5. The zero-order valence-electron chi connectivity index (χ0n) is 15.7. The van der Waals surface area contributed by atoms with Crippen molar-refractivity contribution in [3.8, 4) is 11.5 Å². The van der Waals surface area contributed by atoms with E-state index in [1.807, 2.05) is 12.1 Å². The molecule has 0 atom stereocenters. The van der Waals surface area contributed by atoms with Gasteiger partial charge in [0.15, 0.2) is 18.1 Å². The van der Waals surface area contributed by atoms with Gasteiger partial charge in [-0.15, -0.1) is 0 Å². The van der Waals surface area contributed by atoms with Crippen LogP contribution in [0.5, 0.6) is 11.5 Å². The van der Waals surface area contributed by atoms with Gasteiger partial charge < -0.3 is 19.5 Å². The molecule has 0 aliphatic carbocycles. The number of benzene rings is 2. The van der Waals surface area contributed by atoms with E-state index in [9.17, 15) is 9.59 Å². The van der Waals surface area contributed by atoms with Gasteiger partial charge in [0.1, 0.15) is 0 Å². The lowest BCUT2D eigenvalue weighted by molar-refractivity contribution is -0.143. The van der Waals surface area contributed by atoms with Crippen LogP contribution in [-0.2, 0) is 20.7 Å². The van der Waals surface area contributed by atoms with Gasteiger partial charge in [-0.25, -0.2) is 4.79 Å². The molecule has 0 radical (unpaired) electrons. The molecular weight excluding hydrogens is 382 g/mol. The molecule has 0 bridgehead atoms.